The molecule has 5 rings (SSSR count). The first kappa shape index (κ1) is 20.1. The van der Waals surface area contributed by atoms with Crippen LogP contribution in [0.25, 0.3) is 0 Å². The van der Waals surface area contributed by atoms with Gasteiger partial charge in [0.05, 0.1) is 11.7 Å². The highest BCUT2D eigenvalue weighted by Gasteiger charge is 2.64. The average molecular weight is 397 g/mol. The van der Waals surface area contributed by atoms with Crippen molar-refractivity contribution in [2.24, 2.45) is 34.5 Å². The molecule has 29 heavy (non-hydrogen) atoms. The SMILES string of the molecule is CC12CCC(O)CC1CCC1C2CCC2(C)C1CCC2(O)CCc1ccccc1. The molecule has 4 fully saturated rings. The standard InChI is InChI=1S/C27H40O2/c1-25-14-11-21(28)18-20(25)8-9-22-23(25)12-15-26(2)24(22)13-17-27(26,29)16-10-19-6-4-3-5-7-19/h3-7,20-24,28-29H,8-18H2,1-2H3. The molecule has 0 bridgehead atoms. The molecule has 0 aliphatic heterocycles. The van der Waals surface area contributed by atoms with Crippen molar-refractivity contribution in [2.45, 2.75) is 96.2 Å². The summed E-state index contributed by atoms with van der Waals surface area (Å²) < 4.78 is 0. The molecule has 0 aromatic heterocycles. The molecule has 0 heterocycles. The predicted octanol–water partition coefficient (Wildman–Crippen LogP) is 5.75. The van der Waals surface area contributed by atoms with Gasteiger partial charge in [-0.2, -0.15) is 0 Å². The number of aliphatic hydroxyl groups excluding tert-OH is 1. The molecule has 2 nitrogen and oxygen atoms in total. The molecule has 160 valence electrons. The van der Waals surface area contributed by atoms with E-state index in [4.69, 9.17) is 0 Å². The second kappa shape index (κ2) is 7.09. The topological polar surface area (TPSA) is 40.5 Å². The number of rotatable bonds is 3. The van der Waals surface area contributed by atoms with E-state index in [0.29, 0.717) is 11.3 Å². The molecule has 0 radical (unpaired) electrons. The zero-order chi connectivity index (χ0) is 20.3. The molecular weight excluding hydrogens is 356 g/mol. The molecule has 2 N–H and O–H groups in total. The predicted molar refractivity (Wildman–Crippen MR) is 117 cm³/mol. The van der Waals surface area contributed by atoms with Crippen molar-refractivity contribution >= 4 is 0 Å². The summed E-state index contributed by atoms with van der Waals surface area (Å²) in [6.07, 6.45) is 12.4. The van der Waals surface area contributed by atoms with Crippen molar-refractivity contribution in [3.05, 3.63) is 35.9 Å². The van der Waals surface area contributed by atoms with E-state index in [9.17, 15) is 10.2 Å². The minimum Gasteiger partial charge on any atom is -0.393 e. The van der Waals surface area contributed by atoms with Gasteiger partial charge in [0.15, 0.2) is 0 Å². The Kier molecular flexibility index (Phi) is 4.91. The molecule has 1 aromatic rings. The van der Waals surface area contributed by atoms with Crippen molar-refractivity contribution in [3.8, 4) is 0 Å². The Hall–Kier alpha value is -0.860. The van der Waals surface area contributed by atoms with E-state index in [1.165, 1.54) is 44.1 Å². The normalized spacial score (nSPS) is 49.2. The molecule has 4 aliphatic rings. The highest BCUT2D eigenvalue weighted by atomic mass is 16.3. The van der Waals surface area contributed by atoms with E-state index in [2.05, 4.69) is 44.2 Å². The highest BCUT2D eigenvalue weighted by Crippen LogP contribution is 2.68. The van der Waals surface area contributed by atoms with Crippen molar-refractivity contribution in [2.75, 3.05) is 0 Å². The molecule has 0 amide bonds. The van der Waals surface area contributed by atoms with Crippen molar-refractivity contribution in [1.29, 1.82) is 0 Å². The minimum absolute atomic E-state index is 0.0620. The fourth-order valence-corrected chi connectivity index (χ4v) is 8.75. The van der Waals surface area contributed by atoms with Crippen LogP contribution in [0.2, 0.25) is 0 Å². The van der Waals surface area contributed by atoms with Crippen LogP contribution < -0.4 is 0 Å². The first-order valence-corrected chi connectivity index (χ1v) is 12.3. The Labute approximate surface area is 177 Å². The maximum absolute atomic E-state index is 11.9. The number of fused-ring (bicyclic) bond motifs is 5. The molecule has 8 atom stereocenters. The zero-order valence-corrected chi connectivity index (χ0v) is 18.4. The third-order valence-electron chi connectivity index (χ3n) is 10.6. The summed E-state index contributed by atoms with van der Waals surface area (Å²) in [7, 11) is 0. The number of aliphatic hydroxyl groups is 2. The number of benzene rings is 1. The van der Waals surface area contributed by atoms with Crippen LogP contribution >= 0.6 is 0 Å². The lowest BCUT2D eigenvalue weighted by Crippen LogP contribution is -2.56. The van der Waals surface area contributed by atoms with Crippen LogP contribution in [0.5, 0.6) is 0 Å². The molecular formula is C27H40O2. The number of hydrogen-bond donors (Lipinski definition) is 2. The zero-order valence-electron chi connectivity index (χ0n) is 18.4. The van der Waals surface area contributed by atoms with E-state index >= 15 is 0 Å². The van der Waals surface area contributed by atoms with Crippen LogP contribution in [-0.4, -0.2) is 21.9 Å². The van der Waals surface area contributed by atoms with Gasteiger partial charge in [0.25, 0.3) is 0 Å². The Morgan fingerprint density at radius 2 is 1.66 bits per heavy atom. The lowest BCUT2D eigenvalue weighted by atomic mass is 9.44. The van der Waals surface area contributed by atoms with Crippen LogP contribution in [0.3, 0.4) is 0 Å². The average Bonchev–Trinajstić information content (AvgIpc) is 2.99. The third kappa shape index (κ3) is 3.04. The summed E-state index contributed by atoms with van der Waals surface area (Å²) >= 11 is 0. The van der Waals surface area contributed by atoms with Crippen molar-refractivity contribution < 1.29 is 10.2 Å². The van der Waals surface area contributed by atoms with Gasteiger partial charge in [0.2, 0.25) is 0 Å². The molecule has 8 unspecified atom stereocenters. The van der Waals surface area contributed by atoms with E-state index < -0.39 is 5.60 Å². The maximum Gasteiger partial charge on any atom is 0.0707 e. The Balaban J connectivity index is 1.35. The Morgan fingerprint density at radius 1 is 0.897 bits per heavy atom. The molecule has 4 saturated carbocycles. The molecule has 2 heteroatoms. The maximum atomic E-state index is 11.9. The summed E-state index contributed by atoms with van der Waals surface area (Å²) in [5.74, 6) is 3.00. The highest BCUT2D eigenvalue weighted by molar-refractivity contribution is 5.18. The van der Waals surface area contributed by atoms with Gasteiger partial charge in [0.1, 0.15) is 0 Å². The fourth-order valence-electron chi connectivity index (χ4n) is 8.75. The van der Waals surface area contributed by atoms with Crippen LogP contribution in [-0.2, 0) is 6.42 Å². The van der Waals surface area contributed by atoms with Gasteiger partial charge >= 0.3 is 0 Å². The fraction of sp³-hybridized carbons (Fsp3) is 0.778. The van der Waals surface area contributed by atoms with Gasteiger partial charge < -0.3 is 10.2 Å². The van der Waals surface area contributed by atoms with Gasteiger partial charge in [0, 0.05) is 0 Å². The Morgan fingerprint density at radius 3 is 2.45 bits per heavy atom. The summed E-state index contributed by atoms with van der Waals surface area (Å²) in [4.78, 5) is 0. The lowest BCUT2D eigenvalue weighted by Gasteiger charge is -2.61. The van der Waals surface area contributed by atoms with Crippen LogP contribution in [0.4, 0.5) is 0 Å². The van der Waals surface area contributed by atoms with Gasteiger partial charge in [-0.25, -0.2) is 0 Å². The molecule has 0 spiro atoms. The van der Waals surface area contributed by atoms with E-state index in [-0.39, 0.29) is 11.5 Å². The van der Waals surface area contributed by atoms with Gasteiger partial charge in [-0.05, 0) is 111 Å². The summed E-state index contributed by atoms with van der Waals surface area (Å²) in [5.41, 5.74) is 1.36. The van der Waals surface area contributed by atoms with Crippen molar-refractivity contribution in [1.82, 2.24) is 0 Å². The van der Waals surface area contributed by atoms with Crippen molar-refractivity contribution in [3.63, 3.8) is 0 Å². The summed E-state index contributed by atoms with van der Waals surface area (Å²) in [5, 5.41) is 22.1. The summed E-state index contributed by atoms with van der Waals surface area (Å²) in [6, 6.07) is 10.7. The summed E-state index contributed by atoms with van der Waals surface area (Å²) in [6.45, 7) is 4.99. The van der Waals surface area contributed by atoms with Crippen LogP contribution in [0, 0.1) is 34.5 Å². The van der Waals surface area contributed by atoms with Gasteiger partial charge in [-0.3, -0.25) is 0 Å². The Bertz CT molecular complexity index is 731. The quantitative estimate of drug-likeness (QED) is 0.682. The first-order chi connectivity index (χ1) is 13.9. The van der Waals surface area contributed by atoms with E-state index in [1.54, 1.807) is 0 Å². The lowest BCUT2D eigenvalue weighted by molar-refractivity contribution is -0.160. The first-order valence-electron chi connectivity index (χ1n) is 12.3. The largest absolute Gasteiger partial charge is 0.393 e. The van der Waals surface area contributed by atoms with E-state index in [1.807, 2.05) is 0 Å². The number of hydrogen-bond acceptors (Lipinski definition) is 2. The number of aryl methyl sites for hydroxylation is 1. The van der Waals surface area contributed by atoms with Gasteiger partial charge in [-0.15, -0.1) is 0 Å². The molecule has 1 aromatic carbocycles. The van der Waals surface area contributed by atoms with Crippen LogP contribution in [0.15, 0.2) is 30.3 Å². The minimum atomic E-state index is -0.501. The van der Waals surface area contributed by atoms with E-state index in [0.717, 1.165) is 49.9 Å². The molecule has 0 saturated heterocycles. The van der Waals surface area contributed by atoms with Crippen LogP contribution in [0.1, 0.15) is 83.6 Å². The second-order valence-electron chi connectivity index (χ2n) is 11.6. The smallest absolute Gasteiger partial charge is 0.0707 e. The monoisotopic (exact) mass is 396 g/mol. The third-order valence-corrected chi connectivity index (χ3v) is 10.6. The molecule has 4 aliphatic carbocycles. The second-order valence-corrected chi connectivity index (χ2v) is 11.6. The van der Waals surface area contributed by atoms with Gasteiger partial charge in [-0.1, -0.05) is 44.2 Å².